The SMILES string of the molecule is CC(=O)O.N.[CaH2]. The van der Waals surface area contributed by atoms with Crippen LogP contribution in [-0.4, -0.2) is 48.8 Å². The Morgan fingerprint density at radius 1 is 1.67 bits per heavy atom. The van der Waals surface area contributed by atoms with Crippen LogP contribution in [0, 0.1) is 0 Å². The Bertz CT molecular complexity index is 34.5. The molecule has 0 aromatic rings. The van der Waals surface area contributed by atoms with Crippen LogP contribution in [0.15, 0.2) is 0 Å². The van der Waals surface area contributed by atoms with E-state index in [0.29, 0.717) is 0 Å². The number of aliphatic carboxylic acids is 1. The molecule has 0 aromatic carbocycles. The second kappa shape index (κ2) is 9.19. The molecule has 0 aromatic heterocycles. The van der Waals surface area contributed by atoms with E-state index in [4.69, 9.17) is 9.90 Å². The topological polar surface area (TPSA) is 72.3 Å². The van der Waals surface area contributed by atoms with Crippen LogP contribution in [0.4, 0.5) is 0 Å². The normalized spacial score (nSPS) is 4.17. The molecular formula is C2H9CaNO2. The van der Waals surface area contributed by atoms with Gasteiger partial charge in [0.2, 0.25) is 0 Å². The molecule has 3 nitrogen and oxygen atoms in total. The Balaban J connectivity index is -0.0000000450. The fourth-order valence-corrected chi connectivity index (χ4v) is 0. The van der Waals surface area contributed by atoms with Gasteiger partial charge in [0, 0.05) is 6.92 Å². The first-order valence-electron chi connectivity index (χ1n) is 0.928. The second-order valence-corrected chi connectivity index (χ2v) is 0.519. The zero-order chi connectivity index (χ0) is 3.58. The van der Waals surface area contributed by atoms with Crippen molar-refractivity contribution in [2.75, 3.05) is 0 Å². The third-order valence-electron chi connectivity index (χ3n) is 0. The molecule has 4 heteroatoms. The van der Waals surface area contributed by atoms with Crippen LogP contribution in [0.25, 0.3) is 0 Å². The van der Waals surface area contributed by atoms with E-state index in [1.165, 1.54) is 0 Å². The predicted octanol–water partition coefficient (Wildman–Crippen LogP) is -0.663. The second-order valence-electron chi connectivity index (χ2n) is 0.519. The van der Waals surface area contributed by atoms with Gasteiger partial charge in [0.1, 0.15) is 0 Å². The fraction of sp³-hybridized carbons (Fsp3) is 0.500. The van der Waals surface area contributed by atoms with Gasteiger partial charge in [0.25, 0.3) is 5.97 Å². The Kier molecular flexibility index (Phi) is 24.4. The zero-order valence-corrected chi connectivity index (χ0v) is 3.06. The van der Waals surface area contributed by atoms with E-state index in [0.717, 1.165) is 6.92 Å². The summed E-state index contributed by atoms with van der Waals surface area (Å²) in [4.78, 5) is 9.00. The van der Waals surface area contributed by atoms with Crippen LogP contribution in [0.2, 0.25) is 0 Å². The van der Waals surface area contributed by atoms with Crippen molar-refractivity contribution in [3.8, 4) is 0 Å². The molecule has 0 saturated carbocycles. The average Bonchev–Trinajstić information content (AvgIpc) is 0.811. The molecular weight excluding hydrogens is 110 g/mol. The Labute approximate surface area is 66.3 Å². The van der Waals surface area contributed by atoms with Gasteiger partial charge >= 0.3 is 37.7 Å². The average molecular weight is 119 g/mol. The standard InChI is InChI=1S/C2H4O2.Ca.H3N.2H/c1-2(3)4;;;;/h1H3,(H,3,4);;1H3;;. The van der Waals surface area contributed by atoms with Crippen LogP contribution < -0.4 is 6.15 Å². The summed E-state index contributed by atoms with van der Waals surface area (Å²) in [5, 5.41) is 7.42. The van der Waals surface area contributed by atoms with E-state index in [-0.39, 0.29) is 43.9 Å². The zero-order valence-electron chi connectivity index (χ0n) is 3.06. The van der Waals surface area contributed by atoms with Gasteiger partial charge in [0.05, 0.1) is 0 Å². The van der Waals surface area contributed by atoms with E-state index in [9.17, 15) is 0 Å². The maximum absolute atomic E-state index is 9.00. The first kappa shape index (κ1) is 15.9. The third kappa shape index (κ3) is 134. The van der Waals surface area contributed by atoms with Crippen molar-refractivity contribution in [1.29, 1.82) is 0 Å². The first-order chi connectivity index (χ1) is 1.73. The molecule has 0 rings (SSSR count). The molecule has 0 aliphatic carbocycles. The number of carbonyl (C=O) groups is 1. The number of carboxylic acid groups (broad SMARTS) is 1. The minimum atomic E-state index is -0.833. The van der Waals surface area contributed by atoms with Gasteiger partial charge in [-0.1, -0.05) is 0 Å². The van der Waals surface area contributed by atoms with E-state index in [1.807, 2.05) is 0 Å². The van der Waals surface area contributed by atoms with Gasteiger partial charge in [-0.15, -0.1) is 0 Å². The van der Waals surface area contributed by atoms with Crippen molar-refractivity contribution in [2.45, 2.75) is 6.92 Å². The monoisotopic (exact) mass is 119 g/mol. The molecule has 6 heavy (non-hydrogen) atoms. The van der Waals surface area contributed by atoms with E-state index >= 15 is 0 Å². The van der Waals surface area contributed by atoms with Crippen molar-refractivity contribution in [2.24, 2.45) is 0 Å². The Hall–Kier alpha value is 0.690. The number of hydrogen-bond acceptors (Lipinski definition) is 2. The predicted molar refractivity (Wildman–Crippen MR) is 26.9 cm³/mol. The van der Waals surface area contributed by atoms with Gasteiger partial charge in [-0.2, -0.15) is 0 Å². The Morgan fingerprint density at radius 3 is 1.67 bits per heavy atom. The van der Waals surface area contributed by atoms with Gasteiger partial charge in [-0.05, 0) is 0 Å². The number of rotatable bonds is 0. The van der Waals surface area contributed by atoms with Crippen molar-refractivity contribution in [3.05, 3.63) is 0 Å². The van der Waals surface area contributed by atoms with Crippen molar-refractivity contribution in [1.82, 2.24) is 6.15 Å². The molecule has 0 aliphatic heterocycles. The molecule has 36 valence electrons. The summed E-state index contributed by atoms with van der Waals surface area (Å²) in [6, 6.07) is 0. The number of hydrogen-bond donors (Lipinski definition) is 2. The molecule has 0 unspecified atom stereocenters. The third-order valence-corrected chi connectivity index (χ3v) is 0. The fourth-order valence-electron chi connectivity index (χ4n) is 0. The molecule has 0 fully saturated rings. The van der Waals surface area contributed by atoms with Crippen LogP contribution >= 0.6 is 0 Å². The van der Waals surface area contributed by atoms with Crippen LogP contribution in [-0.2, 0) is 4.79 Å². The maximum atomic E-state index is 9.00. The quantitative estimate of drug-likeness (QED) is 0.416. The van der Waals surface area contributed by atoms with E-state index < -0.39 is 5.97 Å². The molecule has 0 spiro atoms. The minimum absolute atomic E-state index is 0. The summed E-state index contributed by atoms with van der Waals surface area (Å²) in [6.07, 6.45) is 0. The van der Waals surface area contributed by atoms with E-state index in [2.05, 4.69) is 0 Å². The first-order valence-corrected chi connectivity index (χ1v) is 0.928. The summed E-state index contributed by atoms with van der Waals surface area (Å²) in [5.74, 6) is -0.833. The van der Waals surface area contributed by atoms with Crippen molar-refractivity contribution < 1.29 is 9.90 Å². The van der Waals surface area contributed by atoms with Gasteiger partial charge in [-0.25, -0.2) is 0 Å². The molecule has 0 amide bonds. The van der Waals surface area contributed by atoms with Crippen LogP contribution in [0.3, 0.4) is 0 Å². The molecule has 0 atom stereocenters. The summed E-state index contributed by atoms with van der Waals surface area (Å²) in [7, 11) is 0. The van der Waals surface area contributed by atoms with Crippen molar-refractivity contribution in [3.63, 3.8) is 0 Å². The molecule has 0 bridgehead atoms. The molecule has 4 N–H and O–H groups in total. The summed E-state index contributed by atoms with van der Waals surface area (Å²) in [5.41, 5.74) is 0. The molecule has 0 aliphatic rings. The van der Waals surface area contributed by atoms with Crippen LogP contribution in [0.5, 0.6) is 0 Å². The number of carboxylic acids is 1. The summed E-state index contributed by atoms with van der Waals surface area (Å²) in [6.45, 7) is 1.08. The van der Waals surface area contributed by atoms with Gasteiger partial charge < -0.3 is 11.3 Å². The summed E-state index contributed by atoms with van der Waals surface area (Å²) < 4.78 is 0. The van der Waals surface area contributed by atoms with Gasteiger partial charge in [0.15, 0.2) is 0 Å². The Morgan fingerprint density at radius 2 is 1.67 bits per heavy atom. The molecule has 0 saturated heterocycles. The van der Waals surface area contributed by atoms with E-state index in [1.54, 1.807) is 0 Å². The van der Waals surface area contributed by atoms with Crippen LogP contribution in [0.1, 0.15) is 6.92 Å². The molecule has 0 heterocycles. The molecule has 0 radical (unpaired) electrons. The van der Waals surface area contributed by atoms with Crippen molar-refractivity contribution >= 4 is 43.7 Å². The van der Waals surface area contributed by atoms with Gasteiger partial charge in [-0.3, -0.25) is 4.79 Å². The summed E-state index contributed by atoms with van der Waals surface area (Å²) >= 11 is 0.